The van der Waals surface area contributed by atoms with Crippen LogP contribution in [0.1, 0.15) is 112 Å². The Hall–Kier alpha value is -11.8. The third-order valence-corrected chi connectivity index (χ3v) is 14.2. The van der Waals surface area contributed by atoms with E-state index in [-0.39, 0.29) is 70.1 Å². The summed E-state index contributed by atoms with van der Waals surface area (Å²) < 4.78 is 8.16. The predicted octanol–water partition coefficient (Wildman–Crippen LogP) is 7.15. The minimum Gasteiger partial charge on any atom is -0.462 e. The summed E-state index contributed by atoms with van der Waals surface area (Å²) in [6.07, 6.45) is 6.44. The normalized spacial score (nSPS) is 11.5. The lowest BCUT2D eigenvalue weighted by Crippen LogP contribution is -2.30. The van der Waals surface area contributed by atoms with Gasteiger partial charge in [-0.15, -0.1) is 0 Å². The maximum Gasteiger partial charge on any atom is 0.341 e. The molecular weight excluding hydrogens is 1130 g/mol. The first-order valence-electron chi connectivity index (χ1n) is 28.0. The molecule has 450 valence electrons. The number of benzene rings is 4. The number of carbonyl (C=O) groups is 2. The zero-order valence-corrected chi connectivity index (χ0v) is 49.5. The molecule has 0 unspecified atom stereocenters. The summed E-state index contributed by atoms with van der Waals surface area (Å²) >= 11 is 0. The molecular formula is C62H61N21O6. The second-order valence-electron chi connectivity index (χ2n) is 20.1. The number of rotatable bonds is 19. The zero-order valence-electron chi connectivity index (χ0n) is 49.5. The van der Waals surface area contributed by atoms with Crippen LogP contribution in [0.25, 0.3) is 33.2 Å². The summed E-state index contributed by atoms with van der Waals surface area (Å²) in [4.78, 5) is 99.9. The number of fused-ring (bicyclic) bond motifs is 2. The Morgan fingerprint density at radius 3 is 1.37 bits per heavy atom. The molecule has 0 aliphatic carbocycles. The summed E-state index contributed by atoms with van der Waals surface area (Å²) in [6, 6.07) is 32.6. The second-order valence-corrected chi connectivity index (χ2v) is 20.1. The van der Waals surface area contributed by atoms with Gasteiger partial charge in [0.25, 0.3) is 17.0 Å². The van der Waals surface area contributed by atoms with Crippen molar-refractivity contribution in [3.63, 3.8) is 0 Å². The van der Waals surface area contributed by atoms with Crippen LogP contribution in [0.4, 0.5) is 35.4 Å². The Balaban J connectivity index is 0.000000211. The van der Waals surface area contributed by atoms with Gasteiger partial charge in [0.2, 0.25) is 23.8 Å². The second kappa shape index (κ2) is 27.5. The first kappa shape index (κ1) is 61.7. The molecule has 6 heterocycles. The summed E-state index contributed by atoms with van der Waals surface area (Å²) in [5.41, 5.74) is 18.2. The number of carbonyl (C=O) groups excluding carboxylic acids is 2. The fourth-order valence-corrected chi connectivity index (χ4v) is 9.90. The van der Waals surface area contributed by atoms with Gasteiger partial charge in [-0.25, -0.2) is 50.1 Å². The number of nitrogen functional groups attached to an aromatic ring is 2. The lowest BCUT2D eigenvalue weighted by Gasteiger charge is -2.24. The van der Waals surface area contributed by atoms with Crippen LogP contribution in [0.5, 0.6) is 0 Å². The average Bonchev–Trinajstić information content (AvgIpc) is 0.808. The molecule has 0 fully saturated rings. The number of nitrogens with two attached hydrogens (primary N) is 2. The third kappa shape index (κ3) is 13.3. The van der Waals surface area contributed by atoms with E-state index in [4.69, 9.17) is 31.4 Å². The number of ether oxygens (including phenoxy) is 1. The van der Waals surface area contributed by atoms with Gasteiger partial charge in [0, 0.05) is 52.0 Å². The number of nitrogens with zero attached hydrogens (tertiary/aromatic N) is 16. The van der Waals surface area contributed by atoms with Crippen molar-refractivity contribution in [3.05, 3.63) is 199 Å². The van der Waals surface area contributed by atoms with Crippen LogP contribution in [0.3, 0.4) is 0 Å². The predicted molar refractivity (Wildman–Crippen MR) is 333 cm³/mol. The molecule has 10 rings (SSSR count). The topological polar surface area (TPSA) is 379 Å². The van der Waals surface area contributed by atoms with Gasteiger partial charge >= 0.3 is 5.97 Å². The number of hydroxylamine groups is 1. The molecule has 4 aromatic carbocycles. The van der Waals surface area contributed by atoms with Gasteiger partial charge in [-0.3, -0.25) is 28.7 Å². The summed E-state index contributed by atoms with van der Waals surface area (Å²) in [7, 11) is 3.56. The molecule has 8 N–H and O–H groups in total. The first-order valence-corrected chi connectivity index (χ1v) is 28.0. The Morgan fingerprint density at radius 2 is 1.00 bits per heavy atom. The molecule has 0 saturated heterocycles. The SMILES string of the molecule is CCOC(=O)c1cnc(N(C)Cc2cccc3nc([C@H](CC)Nc4nc(N)nc(C)c4C#N)n(-c4ccccc4)c(=O)c23)nc1.CC[C@H](Nc1nc(N)nc(C)c1C#N)c1nc2cccc(CN(C)c3ncc(C(=O)NO)cn3)c2c(=O)n1-c1ccccc1. The number of aromatic nitrogens is 12. The van der Waals surface area contributed by atoms with Crippen molar-refractivity contribution in [1.82, 2.24) is 64.5 Å². The molecule has 1 amide bonds. The van der Waals surface area contributed by atoms with Crippen molar-refractivity contribution in [2.75, 3.05) is 52.6 Å². The molecule has 2 atom stereocenters. The number of anilines is 6. The van der Waals surface area contributed by atoms with E-state index in [0.29, 0.717) is 98.6 Å². The van der Waals surface area contributed by atoms with Crippen molar-refractivity contribution in [1.29, 1.82) is 10.5 Å². The Labute approximate surface area is 509 Å². The van der Waals surface area contributed by atoms with Crippen molar-refractivity contribution < 1.29 is 19.5 Å². The van der Waals surface area contributed by atoms with E-state index in [1.54, 1.807) is 71.4 Å². The van der Waals surface area contributed by atoms with Gasteiger partial charge in [-0.2, -0.15) is 20.5 Å². The lowest BCUT2D eigenvalue weighted by atomic mass is 10.1. The molecule has 27 nitrogen and oxygen atoms in total. The van der Waals surface area contributed by atoms with Crippen LogP contribution in [0, 0.1) is 36.5 Å². The van der Waals surface area contributed by atoms with Crippen molar-refractivity contribution in [3.8, 4) is 23.5 Å². The van der Waals surface area contributed by atoms with Crippen LogP contribution in [0.15, 0.2) is 131 Å². The summed E-state index contributed by atoms with van der Waals surface area (Å²) in [6.45, 7) is 9.79. The molecule has 0 aliphatic heterocycles. The minimum atomic E-state index is -0.723. The van der Waals surface area contributed by atoms with E-state index in [1.165, 1.54) is 24.8 Å². The van der Waals surface area contributed by atoms with Crippen LogP contribution < -0.4 is 48.5 Å². The Kier molecular flexibility index (Phi) is 19.0. The molecule has 0 spiro atoms. The Morgan fingerprint density at radius 1 is 0.596 bits per heavy atom. The van der Waals surface area contributed by atoms with E-state index in [9.17, 15) is 29.7 Å². The Bertz CT molecular complexity index is 4460. The van der Waals surface area contributed by atoms with E-state index in [1.807, 2.05) is 98.8 Å². The number of amides is 1. The van der Waals surface area contributed by atoms with E-state index in [0.717, 1.165) is 0 Å². The fourth-order valence-electron chi connectivity index (χ4n) is 9.90. The van der Waals surface area contributed by atoms with E-state index >= 15 is 0 Å². The van der Waals surface area contributed by atoms with Gasteiger partial charge in [-0.1, -0.05) is 74.5 Å². The monoisotopic (exact) mass is 1200 g/mol. The number of nitriles is 2. The van der Waals surface area contributed by atoms with Gasteiger partial charge in [0.15, 0.2) is 0 Å². The summed E-state index contributed by atoms with van der Waals surface area (Å²) in [5.74, 6) is 0.931. The highest BCUT2D eigenvalue weighted by atomic mass is 16.5. The van der Waals surface area contributed by atoms with Crippen molar-refractivity contribution in [2.45, 2.75) is 72.6 Å². The minimum absolute atomic E-state index is 0.0230. The molecule has 6 aromatic heterocycles. The summed E-state index contributed by atoms with van der Waals surface area (Å²) in [5, 5.41) is 35.9. The highest BCUT2D eigenvalue weighted by molar-refractivity contribution is 5.93. The molecule has 10 aromatic rings. The smallest absolute Gasteiger partial charge is 0.341 e. The van der Waals surface area contributed by atoms with Gasteiger partial charge in [-0.05, 0) is 81.1 Å². The van der Waals surface area contributed by atoms with Gasteiger partial charge < -0.3 is 36.6 Å². The highest BCUT2D eigenvalue weighted by Gasteiger charge is 2.27. The highest BCUT2D eigenvalue weighted by Crippen LogP contribution is 2.30. The fraction of sp³-hybridized carbons (Fsp3) is 0.226. The first-order chi connectivity index (χ1) is 43.0. The number of hydrogen-bond donors (Lipinski definition) is 6. The van der Waals surface area contributed by atoms with Crippen molar-refractivity contribution in [2.24, 2.45) is 0 Å². The van der Waals surface area contributed by atoms with Crippen LogP contribution in [-0.4, -0.2) is 96.8 Å². The van der Waals surface area contributed by atoms with E-state index in [2.05, 4.69) is 62.6 Å². The number of para-hydroxylation sites is 2. The van der Waals surface area contributed by atoms with E-state index < -0.39 is 24.0 Å². The van der Waals surface area contributed by atoms with Crippen LogP contribution in [-0.2, 0) is 17.8 Å². The molecule has 0 bridgehead atoms. The zero-order chi connectivity index (χ0) is 63.5. The third-order valence-electron chi connectivity index (χ3n) is 14.2. The van der Waals surface area contributed by atoms with Gasteiger partial charge in [0.05, 0.1) is 74.4 Å². The largest absolute Gasteiger partial charge is 0.462 e. The lowest BCUT2D eigenvalue weighted by molar-refractivity contribution is 0.0525. The maximum atomic E-state index is 14.5. The number of nitrogens with one attached hydrogen (secondary N) is 3. The number of esters is 1. The molecule has 0 saturated carbocycles. The standard InChI is InChI=1S/C32H32N10O3.C30H29N11O3/c1-5-24(38-27-23(15-33)19(3)37-31(34)40-27)28-39-25-14-10-11-20(26(25)29(43)42(28)22-12-8-7-9-13-22)18-41(4)32-35-16-21(17-36-32)30(44)45-6-2;1-4-22(36-25-21(13-31)17(2)35-29(32)38-25)26-37-23-12-8-9-18(24(23)28(43)41(26)20-10-6-5-7-11-20)16-40(3)30-33-14-19(15-34-30)27(42)39-44/h7-14,16-17,24H,5-6,18H2,1-4H3,(H3,34,37,38,40);5-12,14-15,22,44H,4,16H2,1-3H3,(H,39,42)(H3,32,35,36,38)/t24-;22-/m00/s1. The van der Waals surface area contributed by atoms with Crippen LogP contribution >= 0.6 is 0 Å². The van der Waals surface area contributed by atoms with Gasteiger partial charge in [0.1, 0.15) is 46.5 Å². The van der Waals surface area contributed by atoms with Crippen LogP contribution in [0.2, 0.25) is 0 Å². The molecule has 27 heteroatoms. The van der Waals surface area contributed by atoms with Crippen molar-refractivity contribution >= 4 is 69.1 Å². The maximum absolute atomic E-state index is 14.5. The quantitative estimate of drug-likeness (QED) is 0.0266. The molecule has 0 radical (unpaired) electrons. The molecule has 89 heavy (non-hydrogen) atoms. The molecule has 0 aliphatic rings. The number of hydrogen-bond acceptors (Lipinski definition) is 24. The average molecular weight is 1200 g/mol. The number of aryl methyl sites for hydroxylation is 2.